The maximum atomic E-state index is 14.2. The number of nitrogens with zero attached hydrogens (tertiary/aromatic N) is 2. The molecule has 2 aromatic rings. The largest absolute Gasteiger partial charge is 0.320 e. The Balaban J connectivity index is 2.02. The van der Waals surface area contributed by atoms with Gasteiger partial charge in [-0.3, -0.25) is 13.4 Å². The van der Waals surface area contributed by atoms with Gasteiger partial charge in [-0.1, -0.05) is 30.3 Å². The molecule has 0 spiro atoms. The average molecular weight is 351 g/mol. The number of hydrogen-bond donors (Lipinski definition) is 3. The van der Waals surface area contributed by atoms with Gasteiger partial charge in [-0.2, -0.15) is 0 Å². The number of benzene rings is 2. The summed E-state index contributed by atoms with van der Waals surface area (Å²) in [5, 5.41) is 3.06. The molecule has 0 unspecified atom stereocenters. The first kappa shape index (κ1) is 17.0. The van der Waals surface area contributed by atoms with Gasteiger partial charge in [-0.15, -0.1) is 0 Å². The van der Waals surface area contributed by atoms with E-state index in [1.807, 2.05) is 31.3 Å². The number of hydrogen-bond acceptors (Lipinski definition) is 5. The zero-order valence-electron chi connectivity index (χ0n) is 13.5. The lowest BCUT2D eigenvalue weighted by Gasteiger charge is -2.54. The Morgan fingerprint density at radius 2 is 1.75 bits per heavy atom. The van der Waals surface area contributed by atoms with Crippen molar-refractivity contribution in [2.75, 3.05) is 28.7 Å². The molecule has 3 rings (SSSR count). The minimum absolute atomic E-state index is 0.200. The lowest BCUT2D eigenvalue weighted by molar-refractivity contribution is 0.468. The third-order valence-electron chi connectivity index (χ3n) is 4.07. The van der Waals surface area contributed by atoms with Gasteiger partial charge in [0.1, 0.15) is 5.82 Å². The lowest BCUT2D eigenvalue weighted by atomic mass is 10.1. The van der Waals surface area contributed by atoms with E-state index in [0.29, 0.717) is 6.54 Å². The molecule has 0 bridgehead atoms. The van der Waals surface area contributed by atoms with Crippen molar-refractivity contribution < 1.29 is 13.5 Å². The summed E-state index contributed by atoms with van der Waals surface area (Å²) in [6, 6.07) is 13.8. The predicted molar refractivity (Wildman–Crippen MR) is 97.8 cm³/mol. The van der Waals surface area contributed by atoms with Gasteiger partial charge < -0.3 is 5.32 Å². The van der Waals surface area contributed by atoms with Crippen molar-refractivity contribution in [2.24, 2.45) is 0 Å². The molecule has 0 amide bonds. The van der Waals surface area contributed by atoms with Crippen molar-refractivity contribution in [1.82, 2.24) is 5.32 Å². The molecule has 130 valence electrons. The van der Waals surface area contributed by atoms with Crippen LogP contribution in [0.25, 0.3) is 0 Å². The normalized spacial score (nSPS) is 17.5. The molecule has 1 aliphatic heterocycles. The Bertz CT molecular complexity index is 714. The highest BCUT2D eigenvalue weighted by atomic mass is 32.3. The first-order valence-electron chi connectivity index (χ1n) is 7.86. The molecule has 5 nitrogen and oxygen atoms in total. The van der Waals surface area contributed by atoms with E-state index in [-0.39, 0.29) is 12.2 Å². The molecule has 1 heterocycles. The van der Waals surface area contributed by atoms with E-state index in [1.54, 1.807) is 22.5 Å². The summed E-state index contributed by atoms with van der Waals surface area (Å²) in [5.41, 5.74) is 1.93. The summed E-state index contributed by atoms with van der Waals surface area (Å²) in [6.45, 7) is 1.47. The van der Waals surface area contributed by atoms with Gasteiger partial charge in [0.15, 0.2) is 0 Å². The molecule has 0 atom stereocenters. The van der Waals surface area contributed by atoms with E-state index >= 15 is 0 Å². The van der Waals surface area contributed by atoms with Gasteiger partial charge in [0.05, 0.1) is 17.9 Å². The van der Waals surface area contributed by atoms with E-state index in [0.717, 1.165) is 24.2 Å². The maximum Gasteiger partial charge on any atom is 0.148 e. The van der Waals surface area contributed by atoms with E-state index in [9.17, 15) is 13.5 Å². The van der Waals surface area contributed by atoms with Gasteiger partial charge in [-0.05, 0) is 54.7 Å². The second kappa shape index (κ2) is 6.98. The van der Waals surface area contributed by atoms with E-state index in [1.165, 1.54) is 10.4 Å². The fourth-order valence-corrected chi connectivity index (χ4v) is 4.67. The number of nitrogens with one attached hydrogen (secondary N) is 1. The highest BCUT2D eigenvalue weighted by Gasteiger charge is 2.37. The Labute approximate surface area is 143 Å². The van der Waals surface area contributed by atoms with Crippen LogP contribution in [0.15, 0.2) is 48.5 Å². The molecular weight excluding hydrogens is 329 g/mol. The number of halogens is 1. The SMILES string of the molecule is CNCCCN1c2ccccc2CN(c2ccccc2F)S1(O)O. The van der Waals surface area contributed by atoms with Crippen LogP contribution in [-0.2, 0) is 6.54 Å². The molecule has 0 fully saturated rings. The maximum absolute atomic E-state index is 14.2. The highest BCUT2D eigenvalue weighted by Crippen LogP contribution is 2.56. The van der Waals surface area contributed by atoms with Gasteiger partial charge in [-0.25, -0.2) is 8.70 Å². The zero-order chi connectivity index (χ0) is 17.2. The molecule has 0 radical (unpaired) electrons. The molecule has 3 N–H and O–H groups in total. The van der Waals surface area contributed by atoms with Crippen molar-refractivity contribution in [3.05, 3.63) is 59.9 Å². The third-order valence-corrected chi connectivity index (χ3v) is 5.96. The van der Waals surface area contributed by atoms with E-state index < -0.39 is 16.8 Å². The zero-order valence-corrected chi connectivity index (χ0v) is 14.3. The Kier molecular flexibility index (Phi) is 4.96. The Morgan fingerprint density at radius 3 is 2.46 bits per heavy atom. The van der Waals surface area contributed by atoms with Crippen LogP contribution in [0.1, 0.15) is 12.0 Å². The Hall–Kier alpha value is -1.80. The number of rotatable bonds is 5. The molecule has 1 aliphatic rings. The summed E-state index contributed by atoms with van der Waals surface area (Å²) in [6.07, 6.45) is 0.742. The van der Waals surface area contributed by atoms with Crippen molar-refractivity contribution in [3.63, 3.8) is 0 Å². The molecule has 0 aliphatic carbocycles. The minimum Gasteiger partial charge on any atom is -0.320 e. The smallest absolute Gasteiger partial charge is 0.148 e. The Morgan fingerprint density at radius 1 is 1.08 bits per heavy atom. The molecule has 7 heteroatoms. The topological polar surface area (TPSA) is 59.0 Å². The van der Waals surface area contributed by atoms with Crippen LogP contribution < -0.4 is 13.9 Å². The van der Waals surface area contributed by atoms with Crippen LogP contribution in [0.4, 0.5) is 15.8 Å². The van der Waals surface area contributed by atoms with Gasteiger partial charge in [0.2, 0.25) is 0 Å². The summed E-state index contributed by atoms with van der Waals surface area (Å²) in [5.74, 6) is -0.466. The quantitative estimate of drug-likeness (QED) is 0.715. The van der Waals surface area contributed by atoms with Crippen LogP contribution in [0, 0.1) is 5.82 Å². The first-order chi connectivity index (χ1) is 11.6. The molecule has 24 heavy (non-hydrogen) atoms. The van der Waals surface area contributed by atoms with Crippen molar-refractivity contribution in [2.45, 2.75) is 13.0 Å². The molecule has 0 saturated carbocycles. The minimum atomic E-state index is -3.33. The van der Waals surface area contributed by atoms with Crippen molar-refractivity contribution >= 4 is 22.3 Å². The lowest BCUT2D eigenvalue weighted by Crippen LogP contribution is -2.45. The molecule has 0 aromatic heterocycles. The second-order valence-electron chi connectivity index (χ2n) is 5.67. The highest BCUT2D eigenvalue weighted by molar-refractivity contribution is 8.26. The van der Waals surface area contributed by atoms with Crippen molar-refractivity contribution in [1.29, 1.82) is 0 Å². The van der Waals surface area contributed by atoms with Crippen LogP contribution in [0.2, 0.25) is 0 Å². The van der Waals surface area contributed by atoms with Crippen molar-refractivity contribution in [3.8, 4) is 0 Å². The summed E-state index contributed by atoms with van der Waals surface area (Å²) < 4.78 is 39.0. The number of fused-ring (bicyclic) bond motifs is 1. The molecule has 2 aromatic carbocycles. The second-order valence-corrected chi connectivity index (χ2v) is 7.53. The standard InChI is InChI=1S/C17H22FN3O2S/c1-19-11-6-12-20-16-9-4-2-7-14(16)13-21(24(20,22)23)17-10-5-3-8-15(17)18/h2-5,7-10,19,22-23H,6,11-13H2,1H3. The van der Waals surface area contributed by atoms with Gasteiger partial charge in [0.25, 0.3) is 0 Å². The number of para-hydroxylation sites is 2. The van der Waals surface area contributed by atoms with Crippen LogP contribution >= 0.6 is 11.0 Å². The van der Waals surface area contributed by atoms with Crippen LogP contribution in [-0.4, -0.2) is 29.2 Å². The van der Waals surface area contributed by atoms with E-state index in [4.69, 9.17) is 0 Å². The third kappa shape index (κ3) is 3.08. The van der Waals surface area contributed by atoms with Gasteiger partial charge >= 0.3 is 0 Å². The number of anilines is 2. The molecular formula is C17H22FN3O2S. The van der Waals surface area contributed by atoms with Crippen LogP contribution in [0.5, 0.6) is 0 Å². The first-order valence-corrected chi connectivity index (χ1v) is 9.32. The summed E-state index contributed by atoms with van der Waals surface area (Å²) in [7, 11) is -1.48. The average Bonchev–Trinajstić information content (AvgIpc) is 2.57. The predicted octanol–water partition coefficient (Wildman–Crippen LogP) is 3.84. The fourth-order valence-electron chi connectivity index (χ4n) is 2.89. The fraction of sp³-hybridized carbons (Fsp3) is 0.294. The van der Waals surface area contributed by atoms with Crippen LogP contribution in [0.3, 0.4) is 0 Å². The monoisotopic (exact) mass is 351 g/mol. The molecule has 0 saturated heterocycles. The van der Waals surface area contributed by atoms with Gasteiger partial charge in [0, 0.05) is 6.54 Å². The summed E-state index contributed by atoms with van der Waals surface area (Å²) in [4.78, 5) is 0. The van der Waals surface area contributed by atoms with E-state index in [2.05, 4.69) is 5.32 Å². The summed E-state index contributed by atoms with van der Waals surface area (Å²) >= 11 is 0.